The van der Waals surface area contributed by atoms with Gasteiger partial charge in [-0.3, -0.25) is 4.79 Å². The van der Waals surface area contributed by atoms with Crippen LogP contribution in [0.15, 0.2) is 84.9 Å². The van der Waals surface area contributed by atoms with Gasteiger partial charge in [0.15, 0.2) is 5.69 Å². The first-order valence-electron chi connectivity index (χ1n) is 9.74. The lowest BCUT2D eigenvalue weighted by molar-refractivity contribution is 0.102. The molecule has 0 saturated heterocycles. The lowest BCUT2D eigenvalue weighted by Crippen LogP contribution is -2.15. The third kappa shape index (κ3) is 5.36. The molecule has 0 spiro atoms. The quantitative estimate of drug-likeness (QED) is 0.465. The lowest BCUT2D eigenvalue weighted by atomic mass is 10.1. The molecule has 0 aliphatic carbocycles. The third-order valence-corrected chi connectivity index (χ3v) is 4.70. The first-order chi connectivity index (χ1) is 14.7. The first kappa shape index (κ1) is 21.8. The average molecular weight is 415 g/mol. The highest BCUT2D eigenvalue weighted by molar-refractivity contribution is 6.03. The van der Waals surface area contributed by atoms with E-state index in [-0.39, 0.29) is 13.3 Å². The molecule has 0 radical (unpaired) electrons. The maximum Gasteiger partial charge on any atom is 0.278 e. The van der Waals surface area contributed by atoms with Crippen LogP contribution in [0.5, 0.6) is 5.75 Å². The Labute approximate surface area is 182 Å². The van der Waals surface area contributed by atoms with Crippen LogP contribution >= 0.6 is 0 Å². The maximum absolute atomic E-state index is 12.9. The Bertz CT molecular complexity index is 1120. The highest BCUT2D eigenvalue weighted by Crippen LogP contribution is 2.17. The number of rotatable bonds is 7. The van der Waals surface area contributed by atoms with Crippen molar-refractivity contribution in [2.24, 2.45) is 0 Å². The number of carbonyl (C=O) groups is 1. The second-order valence-corrected chi connectivity index (χ2v) is 6.79. The van der Waals surface area contributed by atoms with Gasteiger partial charge in [-0.05, 0) is 54.8 Å². The number of ether oxygens (including phenoxy) is 1. The highest BCUT2D eigenvalue weighted by Gasteiger charge is 2.19. The van der Waals surface area contributed by atoms with Gasteiger partial charge in [0.2, 0.25) is 0 Å². The summed E-state index contributed by atoms with van der Waals surface area (Å²) in [6, 6.07) is 26.8. The first-order valence-corrected chi connectivity index (χ1v) is 9.74. The molecule has 1 amide bonds. The van der Waals surface area contributed by atoms with Crippen molar-refractivity contribution in [2.75, 3.05) is 12.4 Å². The largest absolute Gasteiger partial charge is 0.497 e. The van der Waals surface area contributed by atoms with E-state index in [4.69, 9.17) is 4.74 Å². The second kappa shape index (κ2) is 10.2. The summed E-state index contributed by atoms with van der Waals surface area (Å²) in [5.74, 6) is 0.534. The summed E-state index contributed by atoms with van der Waals surface area (Å²) < 4.78 is 5.30. The molecule has 0 atom stereocenters. The van der Waals surface area contributed by atoms with Crippen LogP contribution in [-0.4, -0.2) is 28.0 Å². The van der Waals surface area contributed by atoms with Crippen molar-refractivity contribution in [3.63, 3.8) is 0 Å². The molecule has 4 rings (SSSR count). The zero-order valence-electron chi connectivity index (χ0n) is 16.7. The molecular formula is C25H26N4O2. The molecule has 0 bridgehead atoms. The van der Waals surface area contributed by atoms with Gasteiger partial charge in [-0.15, -0.1) is 5.10 Å². The van der Waals surface area contributed by atoms with Crippen LogP contribution in [0.25, 0.3) is 5.69 Å². The van der Waals surface area contributed by atoms with Crippen LogP contribution in [0.3, 0.4) is 0 Å². The summed E-state index contributed by atoms with van der Waals surface area (Å²) in [5, 5.41) is 12.0. The zero-order chi connectivity index (χ0) is 20.8. The van der Waals surface area contributed by atoms with Gasteiger partial charge in [0.05, 0.1) is 18.5 Å². The molecular weight excluding hydrogens is 388 g/mol. The van der Waals surface area contributed by atoms with Crippen LogP contribution in [0.4, 0.5) is 5.69 Å². The summed E-state index contributed by atoms with van der Waals surface area (Å²) in [5.41, 5.74) is 3.60. The Kier molecular flexibility index (Phi) is 7.17. The van der Waals surface area contributed by atoms with Gasteiger partial charge >= 0.3 is 0 Å². The van der Waals surface area contributed by atoms with Gasteiger partial charge in [-0.25, -0.2) is 0 Å². The monoisotopic (exact) mass is 414 g/mol. The van der Waals surface area contributed by atoms with Crippen molar-refractivity contribution >= 4 is 11.6 Å². The van der Waals surface area contributed by atoms with Gasteiger partial charge in [-0.2, -0.15) is 9.90 Å². The molecule has 4 aromatic rings. The van der Waals surface area contributed by atoms with E-state index < -0.39 is 0 Å². The number of para-hydroxylation sites is 2. The Morgan fingerprint density at radius 1 is 0.903 bits per heavy atom. The lowest BCUT2D eigenvalue weighted by Gasteiger charge is -2.05. The number of aromatic nitrogens is 3. The topological polar surface area (TPSA) is 69.0 Å². The molecule has 0 unspecified atom stereocenters. The molecule has 31 heavy (non-hydrogen) atoms. The summed E-state index contributed by atoms with van der Waals surface area (Å²) >= 11 is 0. The molecule has 1 N–H and O–H groups in total. The number of amides is 1. The smallest absolute Gasteiger partial charge is 0.278 e. The highest BCUT2D eigenvalue weighted by atomic mass is 16.5. The molecule has 6 heteroatoms. The molecule has 0 aliphatic heterocycles. The van der Waals surface area contributed by atoms with Gasteiger partial charge in [0.25, 0.3) is 5.91 Å². The number of benzene rings is 3. The SMILES string of the molecule is C.COc1cccc(CCc2nn(-c3ccccc3)nc2C(=O)Nc2ccccc2)c1. The molecule has 0 aliphatic rings. The Hall–Kier alpha value is -3.93. The van der Waals surface area contributed by atoms with Crippen molar-refractivity contribution in [3.8, 4) is 11.4 Å². The van der Waals surface area contributed by atoms with Crippen LogP contribution in [0, 0.1) is 0 Å². The number of aryl methyl sites for hydroxylation is 2. The van der Waals surface area contributed by atoms with Crippen LogP contribution in [0.1, 0.15) is 29.2 Å². The number of nitrogens with zero attached hydrogens (tertiary/aromatic N) is 3. The van der Waals surface area contributed by atoms with E-state index in [9.17, 15) is 4.79 Å². The molecule has 0 fully saturated rings. The normalized spacial score (nSPS) is 10.2. The summed E-state index contributed by atoms with van der Waals surface area (Å²) in [4.78, 5) is 14.5. The maximum atomic E-state index is 12.9. The van der Waals surface area contributed by atoms with E-state index >= 15 is 0 Å². The summed E-state index contributed by atoms with van der Waals surface area (Å²) in [6.07, 6.45) is 1.30. The van der Waals surface area contributed by atoms with E-state index in [1.54, 1.807) is 7.11 Å². The standard InChI is InChI=1S/C24H22N4O2.CH4/c1-30-21-14-8-9-18(17-21)15-16-22-23(24(29)25-19-10-4-2-5-11-19)27-28(26-22)20-12-6-3-7-13-20;/h2-14,17H,15-16H2,1H3,(H,25,29);1H4. The predicted molar refractivity (Wildman–Crippen MR) is 123 cm³/mol. The molecule has 6 nitrogen and oxygen atoms in total. The molecule has 1 aromatic heterocycles. The predicted octanol–water partition coefficient (Wildman–Crippen LogP) is 4.95. The van der Waals surface area contributed by atoms with Crippen molar-refractivity contribution in [3.05, 3.63) is 102 Å². The van der Waals surface area contributed by atoms with Gasteiger partial charge in [-0.1, -0.05) is 56.0 Å². The minimum absolute atomic E-state index is 0. The molecule has 0 saturated carbocycles. The van der Waals surface area contributed by atoms with Gasteiger partial charge in [0, 0.05) is 5.69 Å². The van der Waals surface area contributed by atoms with Crippen molar-refractivity contribution in [1.82, 2.24) is 15.0 Å². The van der Waals surface area contributed by atoms with E-state index in [0.29, 0.717) is 17.8 Å². The number of nitrogens with one attached hydrogen (secondary N) is 1. The van der Waals surface area contributed by atoms with Crippen LogP contribution in [-0.2, 0) is 12.8 Å². The summed E-state index contributed by atoms with van der Waals surface area (Å²) in [6.45, 7) is 0. The minimum Gasteiger partial charge on any atom is -0.497 e. The zero-order valence-corrected chi connectivity index (χ0v) is 16.7. The fourth-order valence-electron chi connectivity index (χ4n) is 3.16. The Balaban J connectivity index is 0.00000272. The fraction of sp³-hybridized carbons (Fsp3) is 0.160. The van der Waals surface area contributed by atoms with Crippen LogP contribution < -0.4 is 10.1 Å². The number of methoxy groups -OCH3 is 1. The van der Waals surface area contributed by atoms with E-state index in [1.165, 1.54) is 4.80 Å². The van der Waals surface area contributed by atoms with Crippen molar-refractivity contribution in [1.29, 1.82) is 0 Å². The van der Waals surface area contributed by atoms with Crippen molar-refractivity contribution in [2.45, 2.75) is 20.3 Å². The van der Waals surface area contributed by atoms with Gasteiger partial charge < -0.3 is 10.1 Å². The van der Waals surface area contributed by atoms with Crippen LogP contribution in [0.2, 0.25) is 0 Å². The van der Waals surface area contributed by atoms with Gasteiger partial charge in [0.1, 0.15) is 5.75 Å². The fourth-order valence-corrected chi connectivity index (χ4v) is 3.16. The Morgan fingerprint density at radius 2 is 1.61 bits per heavy atom. The van der Waals surface area contributed by atoms with E-state index in [0.717, 1.165) is 29.1 Å². The van der Waals surface area contributed by atoms with E-state index in [1.807, 2.05) is 84.9 Å². The van der Waals surface area contributed by atoms with Crippen molar-refractivity contribution < 1.29 is 9.53 Å². The third-order valence-electron chi connectivity index (χ3n) is 4.70. The number of hydrogen-bond acceptors (Lipinski definition) is 4. The number of anilines is 1. The minimum atomic E-state index is -0.274. The second-order valence-electron chi connectivity index (χ2n) is 6.79. The Morgan fingerprint density at radius 3 is 2.32 bits per heavy atom. The molecule has 158 valence electrons. The molecule has 3 aromatic carbocycles. The number of carbonyl (C=O) groups excluding carboxylic acids is 1. The van der Waals surface area contributed by atoms with E-state index in [2.05, 4.69) is 15.5 Å². The molecule has 1 heterocycles. The number of hydrogen-bond donors (Lipinski definition) is 1. The summed E-state index contributed by atoms with van der Waals surface area (Å²) in [7, 11) is 1.65. The average Bonchev–Trinajstić information content (AvgIpc) is 3.24.